The molecular formula is C19H22N6. The number of anilines is 2. The Morgan fingerprint density at radius 1 is 0.960 bits per heavy atom. The SMILES string of the molecule is CNc1nc(-c2ccc(N3CCN(C)CC3)cc2)cc2nccnc12. The van der Waals surface area contributed by atoms with Crippen LogP contribution in [0.15, 0.2) is 42.7 Å². The van der Waals surface area contributed by atoms with Gasteiger partial charge in [-0.25, -0.2) is 9.97 Å². The lowest BCUT2D eigenvalue weighted by Crippen LogP contribution is -2.44. The van der Waals surface area contributed by atoms with Gasteiger partial charge in [0.1, 0.15) is 5.52 Å². The molecule has 1 aliphatic rings. The van der Waals surface area contributed by atoms with Crippen molar-refractivity contribution in [3.63, 3.8) is 0 Å². The molecule has 3 heterocycles. The van der Waals surface area contributed by atoms with Crippen LogP contribution in [-0.2, 0) is 0 Å². The van der Waals surface area contributed by atoms with E-state index in [1.165, 1.54) is 5.69 Å². The molecule has 2 aromatic heterocycles. The van der Waals surface area contributed by atoms with E-state index in [-0.39, 0.29) is 0 Å². The number of hydrogen-bond donors (Lipinski definition) is 1. The largest absolute Gasteiger partial charge is 0.371 e. The Balaban J connectivity index is 1.65. The Labute approximate surface area is 147 Å². The molecule has 0 unspecified atom stereocenters. The molecule has 3 aromatic rings. The van der Waals surface area contributed by atoms with Gasteiger partial charge in [-0.2, -0.15) is 0 Å². The van der Waals surface area contributed by atoms with Gasteiger partial charge in [-0.05, 0) is 25.2 Å². The number of nitrogens with zero attached hydrogens (tertiary/aromatic N) is 5. The van der Waals surface area contributed by atoms with Crippen LogP contribution >= 0.6 is 0 Å². The molecule has 1 N–H and O–H groups in total. The zero-order chi connectivity index (χ0) is 17.2. The number of pyridine rings is 1. The van der Waals surface area contributed by atoms with Crippen molar-refractivity contribution in [2.24, 2.45) is 0 Å². The minimum atomic E-state index is 0.753. The van der Waals surface area contributed by atoms with E-state index in [0.29, 0.717) is 0 Å². The highest BCUT2D eigenvalue weighted by Crippen LogP contribution is 2.27. The molecule has 1 aliphatic heterocycles. The second-order valence-corrected chi connectivity index (χ2v) is 6.37. The number of fused-ring (bicyclic) bond motifs is 1. The highest BCUT2D eigenvalue weighted by Gasteiger charge is 2.14. The number of rotatable bonds is 3. The van der Waals surface area contributed by atoms with Crippen molar-refractivity contribution < 1.29 is 0 Å². The van der Waals surface area contributed by atoms with Crippen LogP contribution in [0.25, 0.3) is 22.3 Å². The van der Waals surface area contributed by atoms with Crippen LogP contribution in [-0.4, -0.2) is 60.1 Å². The first-order chi connectivity index (χ1) is 12.2. The Morgan fingerprint density at radius 3 is 2.40 bits per heavy atom. The van der Waals surface area contributed by atoms with Gasteiger partial charge in [0, 0.05) is 56.9 Å². The van der Waals surface area contributed by atoms with E-state index in [1.807, 2.05) is 13.1 Å². The predicted molar refractivity (Wildman–Crippen MR) is 102 cm³/mol. The average molecular weight is 334 g/mol. The molecular weight excluding hydrogens is 312 g/mol. The summed E-state index contributed by atoms with van der Waals surface area (Å²) in [7, 11) is 4.03. The van der Waals surface area contributed by atoms with Crippen molar-refractivity contribution in [3.8, 4) is 11.3 Å². The van der Waals surface area contributed by atoms with Crippen LogP contribution in [0.1, 0.15) is 0 Å². The van der Waals surface area contributed by atoms with Gasteiger partial charge >= 0.3 is 0 Å². The summed E-state index contributed by atoms with van der Waals surface area (Å²) in [4.78, 5) is 18.3. The van der Waals surface area contributed by atoms with Crippen molar-refractivity contribution >= 4 is 22.5 Å². The number of aromatic nitrogens is 3. The smallest absolute Gasteiger partial charge is 0.154 e. The van der Waals surface area contributed by atoms with E-state index in [9.17, 15) is 0 Å². The maximum atomic E-state index is 4.71. The van der Waals surface area contributed by atoms with E-state index in [2.05, 4.69) is 56.4 Å². The molecule has 4 rings (SSSR count). The summed E-state index contributed by atoms with van der Waals surface area (Å²) in [6.07, 6.45) is 3.40. The lowest BCUT2D eigenvalue weighted by Gasteiger charge is -2.34. The Morgan fingerprint density at radius 2 is 1.68 bits per heavy atom. The first kappa shape index (κ1) is 15.8. The topological polar surface area (TPSA) is 57.2 Å². The number of piperazine rings is 1. The van der Waals surface area contributed by atoms with E-state index >= 15 is 0 Å². The molecule has 6 nitrogen and oxygen atoms in total. The number of benzene rings is 1. The highest BCUT2D eigenvalue weighted by atomic mass is 15.2. The minimum absolute atomic E-state index is 0.753. The summed E-state index contributed by atoms with van der Waals surface area (Å²) < 4.78 is 0. The van der Waals surface area contributed by atoms with Crippen molar-refractivity contribution in [3.05, 3.63) is 42.7 Å². The first-order valence-corrected chi connectivity index (χ1v) is 8.58. The summed E-state index contributed by atoms with van der Waals surface area (Å²) in [5.74, 6) is 0.753. The summed E-state index contributed by atoms with van der Waals surface area (Å²) in [6.45, 7) is 4.36. The van der Waals surface area contributed by atoms with Crippen molar-refractivity contribution in [2.45, 2.75) is 0 Å². The zero-order valence-electron chi connectivity index (χ0n) is 14.6. The standard InChI is InChI=1S/C19H22N6/c1-20-19-18-17(21-7-8-22-18)13-16(23-19)14-3-5-15(6-4-14)25-11-9-24(2)10-12-25/h3-8,13H,9-12H2,1-2H3,(H,20,23). The summed E-state index contributed by atoms with van der Waals surface area (Å²) in [6, 6.07) is 10.6. The molecule has 1 saturated heterocycles. The normalized spacial score (nSPS) is 15.5. The van der Waals surface area contributed by atoms with Crippen molar-refractivity contribution in [2.75, 3.05) is 50.5 Å². The third-order valence-corrected chi connectivity index (χ3v) is 4.72. The minimum Gasteiger partial charge on any atom is -0.371 e. The predicted octanol–water partition coefficient (Wildman–Crippen LogP) is 2.49. The number of hydrogen-bond acceptors (Lipinski definition) is 6. The summed E-state index contributed by atoms with van der Waals surface area (Å²) >= 11 is 0. The van der Waals surface area contributed by atoms with E-state index in [0.717, 1.165) is 54.3 Å². The van der Waals surface area contributed by atoms with Gasteiger partial charge in [-0.15, -0.1) is 0 Å². The molecule has 0 aliphatic carbocycles. The fraction of sp³-hybridized carbons (Fsp3) is 0.316. The zero-order valence-corrected chi connectivity index (χ0v) is 14.6. The van der Waals surface area contributed by atoms with Gasteiger partial charge < -0.3 is 15.1 Å². The molecule has 6 heteroatoms. The maximum absolute atomic E-state index is 4.71. The van der Waals surface area contributed by atoms with Crippen molar-refractivity contribution in [1.82, 2.24) is 19.9 Å². The quantitative estimate of drug-likeness (QED) is 0.794. The van der Waals surface area contributed by atoms with E-state index in [4.69, 9.17) is 4.98 Å². The van der Waals surface area contributed by atoms with Crippen LogP contribution in [0.3, 0.4) is 0 Å². The molecule has 0 atom stereocenters. The lowest BCUT2D eigenvalue weighted by atomic mass is 10.1. The first-order valence-electron chi connectivity index (χ1n) is 8.58. The van der Waals surface area contributed by atoms with Crippen LogP contribution in [0.2, 0.25) is 0 Å². The van der Waals surface area contributed by atoms with Gasteiger partial charge in [-0.3, -0.25) is 4.98 Å². The second kappa shape index (κ2) is 6.64. The summed E-state index contributed by atoms with van der Waals surface area (Å²) in [5, 5.41) is 3.12. The maximum Gasteiger partial charge on any atom is 0.154 e. The van der Waals surface area contributed by atoms with Gasteiger partial charge in [0.15, 0.2) is 5.82 Å². The van der Waals surface area contributed by atoms with Gasteiger partial charge in [-0.1, -0.05) is 12.1 Å². The van der Waals surface area contributed by atoms with Crippen LogP contribution in [0, 0.1) is 0 Å². The number of likely N-dealkylation sites (N-methyl/N-ethyl adjacent to an activating group) is 1. The molecule has 0 bridgehead atoms. The lowest BCUT2D eigenvalue weighted by molar-refractivity contribution is 0.313. The Kier molecular flexibility index (Phi) is 4.19. The molecule has 0 amide bonds. The Hall–Kier alpha value is -2.73. The van der Waals surface area contributed by atoms with Gasteiger partial charge in [0.25, 0.3) is 0 Å². The van der Waals surface area contributed by atoms with Crippen molar-refractivity contribution in [1.29, 1.82) is 0 Å². The van der Waals surface area contributed by atoms with Gasteiger partial charge in [0.2, 0.25) is 0 Å². The molecule has 1 fully saturated rings. The van der Waals surface area contributed by atoms with Gasteiger partial charge in [0.05, 0.1) is 11.2 Å². The molecule has 0 saturated carbocycles. The fourth-order valence-electron chi connectivity index (χ4n) is 3.20. The third-order valence-electron chi connectivity index (χ3n) is 4.72. The third kappa shape index (κ3) is 3.13. The highest BCUT2D eigenvalue weighted by molar-refractivity contribution is 5.88. The summed E-state index contributed by atoms with van der Waals surface area (Å²) in [5.41, 5.74) is 4.90. The molecule has 0 radical (unpaired) electrons. The monoisotopic (exact) mass is 334 g/mol. The van der Waals surface area contributed by atoms with E-state index < -0.39 is 0 Å². The van der Waals surface area contributed by atoms with Crippen LogP contribution in [0.4, 0.5) is 11.5 Å². The van der Waals surface area contributed by atoms with Crippen LogP contribution in [0.5, 0.6) is 0 Å². The van der Waals surface area contributed by atoms with E-state index in [1.54, 1.807) is 12.4 Å². The Bertz CT molecular complexity index is 869. The molecule has 128 valence electrons. The fourth-order valence-corrected chi connectivity index (χ4v) is 3.20. The molecule has 1 aromatic carbocycles. The average Bonchev–Trinajstić information content (AvgIpc) is 2.68. The number of nitrogens with one attached hydrogen (secondary N) is 1. The molecule has 25 heavy (non-hydrogen) atoms. The van der Waals surface area contributed by atoms with Crippen LogP contribution < -0.4 is 10.2 Å². The second-order valence-electron chi connectivity index (χ2n) is 6.37. The molecule has 0 spiro atoms.